The number of aldehydes is 1. The Balaban J connectivity index is 4.16. The fourth-order valence-electron chi connectivity index (χ4n) is 1.22. The molecule has 4 N–H and O–H groups in total. The van der Waals surface area contributed by atoms with Gasteiger partial charge in [0.1, 0.15) is 18.7 Å². The number of amides is 1. The first-order valence-electron chi connectivity index (χ1n) is 5.80. The number of hydrogen-bond donors (Lipinski definition) is 3. The fraction of sp³-hybridized carbons (Fsp3) is 0.636. The molecule has 8 heteroatoms. The number of carboxylic acid groups (broad SMARTS) is 1. The van der Waals surface area contributed by atoms with Crippen molar-refractivity contribution >= 4 is 24.1 Å². The molecule has 0 saturated carbocycles. The van der Waals surface area contributed by atoms with Crippen molar-refractivity contribution in [1.29, 1.82) is 0 Å². The Kier molecular flexibility index (Phi) is 8.10. The van der Waals surface area contributed by atoms with E-state index < -0.39 is 29.9 Å². The lowest BCUT2D eigenvalue weighted by molar-refractivity contribution is -0.149. The maximum atomic E-state index is 11.5. The number of rotatable bonds is 9. The Morgan fingerprint density at radius 3 is 2.53 bits per heavy atom. The predicted octanol–water partition coefficient (Wildman–Crippen LogP) is -1.18. The van der Waals surface area contributed by atoms with Gasteiger partial charge in [-0.1, -0.05) is 6.92 Å². The lowest BCUT2D eigenvalue weighted by atomic mass is 10.1. The highest BCUT2D eigenvalue weighted by atomic mass is 16.5. The zero-order valence-electron chi connectivity index (χ0n) is 10.6. The number of nitrogens with two attached hydrogens (primary N) is 1. The summed E-state index contributed by atoms with van der Waals surface area (Å²) in [4.78, 5) is 43.4. The SMILES string of the molecule is CCC(NC(=O)CCC(N)C(=O)O)C(=O)OCC=O. The molecule has 2 atom stereocenters. The molecule has 0 bridgehead atoms. The van der Waals surface area contributed by atoms with E-state index in [1.165, 1.54) is 0 Å². The van der Waals surface area contributed by atoms with Crippen molar-refractivity contribution in [3.05, 3.63) is 0 Å². The molecule has 0 rings (SSSR count). The van der Waals surface area contributed by atoms with Crippen LogP contribution in [0, 0.1) is 0 Å². The molecule has 0 aromatic carbocycles. The van der Waals surface area contributed by atoms with Crippen LogP contribution >= 0.6 is 0 Å². The summed E-state index contributed by atoms with van der Waals surface area (Å²) in [5.74, 6) is -2.39. The van der Waals surface area contributed by atoms with E-state index in [9.17, 15) is 19.2 Å². The molecule has 0 spiro atoms. The van der Waals surface area contributed by atoms with Crippen LogP contribution in [0.15, 0.2) is 0 Å². The summed E-state index contributed by atoms with van der Waals surface area (Å²) in [6.07, 6.45) is 0.596. The summed E-state index contributed by atoms with van der Waals surface area (Å²) in [6.45, 7) is 1.30. The van der Waals surface area contributed by atoms with E-state index in [1.807, 2.05) is 0 Å². The summed E-state index contributed by atoms with van der Waals surface area (Å²) >= 11 is 0. The summed E-state index contributed by atoms with van der Waals surface area (Å²) in [7, 11) is 0. The van der Waals surface area contributed by atoms with Gasteiger partial charge in [-0.05, 0) is 12.8 Å². The van der Waals surface area contributed by atoms with E-state index in [0.717, 1.165) is 0 Å². The van der Waals surface area contributed by atoms with E-state index in [0.29, 0.717) is 12.7 Å². The van der Waals surface area contributed by atoms with Gasteiger partial charge < -0.3 is 20.9 Å². The quantitative estimate of drug-likeness (QED) is 0.355. The van der Waals surface area contributed by atoms with Crippen LogP contribution in [-0.4, -0.2) is 47.9 Å². The lowest BCUT2D eigenvalue weighted by Crippen LogP contribution is -2.42. The van der Waals surface area contributed by atoms with Crippen LogP contribution in [0.2, 0.25) is 0 Å². The molecule has 0 aliphatic carbocycles. The minimum atomic E-state index is -1.19. The van der Waals surface area contributed by atoms with Gasteiger partial charge in [0, 0.05) is 6.42 Å². The number of carbonyl (C=O) groups excluding carboxylic acids is 3. The van der Waals surface area contributed by atoms with E-state index >= 15 is 0 Å². The normalized spacial score (nSPS) is 13.2. The Morgan fingerprint density at radius 1 is 1.42 bits per heavy atom. The van der Waals surface area contributed by atoms with Crippen molar-refractivity contribution in [2.75, 3.05) is 6.61 Å². The van der Waals surface area contributed by atoms with E-state index in [4.69, 9.17) is 10.8 Å². The highest BCUT2D eigenvalue weighted by molar-refractivity contribution is 5.85. The topological polar surface area (TPSA) is 136 Å². The standard InChI is InChI=1S/C11H18N2O6/c1-2-8(11(18)19-6-5-14)13-9(15)4-3-7(12)10(16)17/h5,7-8H,2-4,6,12H2,1H3,(H,13,15)(H,16,17). The molecule has 1 amide bonds. The molecule has 0 radical (unpaired) electrons. The Hall–Kier alpha value is -1.96. The zero-order valence-corrected chi connectivity index (χ0v) is 10.6. The molecular weight excluding hydrogens is 256 g/mol. The summed E-state index contributed by atoms with van der Waals surface area (Å²) in [5, 5.41) is 10.9. The maximum Gasteiger partial charge on any atom is 0.329 e. The smallest absolute Gasteiger partial charge is 0.329 e. The average molecular weight is 274 g/mol. The number of ether oxygens (including phenoxy) is 1. The summed E-state index contributed by atoms with van der Waals surface area (Å²) in [6, 6.07) is -1.97. The Bertz CT molecular complexity index is 344. The zero-order chi connectivity index (χ0) is 14.8. The highest BCUT2D eigenvalue weighted by Crippen LogP contribution is 1.99. The molecule has 0 aromatic rings. The average Bonchev–Trinajstić information content (AvgIpc) is 2.38. The second-order valence-corrected chi connectivity index (χ2v) is 3.81. The Labute approximate surface area is 110 Å². The van der Waals surface area contributed by atoms with Gasteiger partial charge in [0.2, 0.25) is 5.91 Å². The van der Waals surface area contributed by atoms with E-state index in [1.54, 1.807) is 6.92 Å². The first-order valence-corrected chi connectivity index (χ1v) is 5.80. The van der Waals surface area contributed by atoms with Gasteiger partial charge in [-0.25, -0.2) is 4.79 Å². The van der Waals surface area contributed by atoms with Gasteiger partial charge >= 0.3 is 11.9 Å². The fourth-order valence-corrected chi connectivity index (χ4v) is 1.22. The third-order valence-corrected chi connectivity index (χ3v) is 2.32. The first kappa shape index (κ1) is 17.0. The molecule has 0 saturated heterocycles. The summed E-state index contributed by atoms with van der Waals surface area (Å²) < 4.78 is 4.57. The molecule has 2 unspecified atom stereocenters. The second-order valence-electron chi connectivity index (χ2n) is 3.81. The lowest BCUT2D eigenvalue weighted by Gasteiger charge is -2.15. The van der Waals surface area contributed by atoms with Crippen LogP contribution < -0.4 is 11.1 Å². The van der Waals surface area contributed by atoms with Gasteiger partial charge in [0.05, 0.1) is 0 Å². The van der Waals surface area contributed by atoms with Crippen LogP contribution in [0.4, 0.5) is 0 Å². The number of aliphatic carboxylic acids is 1. The van der Waals surface area contributed by atoms with Crippen LogP contribution in [0.3, 0.4) is 0 Å². The van der Waals surface area contributed by atoms with Crippen molar-refractivity contribution in [1.82, 2.24) is 5.32 Å². The summed E-state index contributed by atoms with van der Waals surface area (Å²) in [5.41, 5.74) is 5.24. The van der Waals surface area contributed by atoms with E-state index in [-0.39, 0.29) is 19.4 Å². The number of carboxylic acids is 1. The van der Waals surface area contributed by atoms with Crippen molar-refractivity contribution < 1.29 is 29.0 Å². The van der Waals surface area contributed by atoms with Gasteiger partial charge in [-0.2, -0.15) is 0 Å². The maximum absolute atomic E-state index is 11.5. The molecule has 108 valence electrons. The molecule has 0 aliphatic rings. The highest BCUT2D eigenvalue weighted by Gasteiger charge is 2.21. The Morgan fingerprint density at radius 2 is 2.05 bits per heavy atom. The third kappa shape index (κ3) is 7.14. The molecule has 19 heavy (non-hydrogen) atoms. The molecule has 0 heterocycles. The van der Waals surface area contributed by atoms with E-state index in [2.05, 4.69) is 10.1 Å². The van der Waals surface area contributed by atoms with Crippen molar-refractivity contribution in [3.63, 3.8) is 0 Å². The number of carbonyl (C=O) groups is 4. The second kappa shape index (κ2) is 9.03. The van der Waals surface area contributed by atoms with Crippen LogP contribution in [0.5, 0.6) is 0 Å². The third-order valence-electron chi connectivity index (χ3n) is 2.32. The van der Waals surface area contributed by atoms with Crippen LogP contribution in [-0.2, 0) is 23.9 Å². The molecule has 0 fully saturated rings. The molecule has 8 nitrogen and oxygen atoms in total. The van der Waals surface area contributed by atoms with Crippen molar-refractivity contribution in [3.8, 4) is 0 Å². The largest absolute Gasteiger partial charge is 0.480 e. The van der Waals surface area contributed by atoms with Crippen LogP contribution in [0.1, 0.15) is 26.2 Å². The predicted molar refractivity (Wildman–Crippen MR) is 64.1 cm³/mol. The van der Waals surface area contributed by atoms with Gasteiger partial charge in [0.25, 0.3) is 0 Å². The van der Waals surface area contributed by atoms with Gasteiger partial charge in [-0.3, -0.25) is 14.4 Å². The van der Waals surface area contributed by atoms with Gasteiger partial charge in [-0.15, -0.1) is 0 Å². The van der Waals surface area contributed by atoms with Gasteiger partial charge in [0.15, 0.2) is 6.29 Å². The number of hydrogen-bond acceptors (Lipinski definition) is 6. The minimum absolute atomic E-state index is 0.0268. The minimum Gasteiger partial charge on any atom is -0.480 e. The number of nitrogens with one attached hydrogen (secondary N) is 1. The van der Waals surface area contributed by atoms with Crippen LogP contribution in [0.25, 0.3) is 0 Å². The number of esters is 1. The van der Waals surface area contributed by atoms with Crippen molar-refractivity contribution in [2.24, 2.45) is 5.73 Å². The monoisotopic (exact) mass is 274 g/mol. The molecular formula is C11H18N2O6. The first-order chi connectivity index (χ1) is 8.92. The van der Waals surface area contributed by atoms with Crippen molar-refractivity contribution in [2.45, 2.75) is 38.3 Å². The molecule has 0 aromatic heterocycles. The molecule has 0 aliphatic heterocycles.